The highest BCUT2D eigenvalue weighted by molar-refractivity contribution is 5.73. The number of ether oxygens (including phenoxy) is 6. The van der Waals surface area contributed by atoms with Crippen molar-refractivity contribution in [3.05, 3.63) is 23.8 Å². The Labute approximate surface area is 146 Å². The lowest BCUT2D eigenvalue weighted by atomic mass is 10.1. The Morgan fingerprint density at radius 2 is 1.60 bits per heavy atom. The van der Waals surface area contributed by atoms with Gasteiger partial charge in [0, 0.05) is 19.8 Å². The van der Waals surface area contributed by atoms with Gasteiger partial charge in [-0.1, -0.05) is 12.1 Å². The van der Waals surface area contributed by atoms with Crippen LogP contribution in [-0.2, 0) is 35.1 Å². The van der Waals surface area contributed by atoms with E-state index in [0.29, 0.717) is 43.5 Å². The Kier molecular flexibility index (Phi) is 11.3. The zero-order valence-corrected chi connectivity index (χ0v) is 14.4. The number of methoxy groups -OCH3 is 2. The van der Waals surface area contributed by atoms with Crippen LogP contribution in [0.4, 0.5) is 0 Å². The molecular weight excluding hydrogens is 336 g/mol. The molecule has 9 heteroatoms. The summed E-state index contributed by atoms with van der Waals surface area (Å²) in [6.07, 6.45) is -0.189. The molecule has 0 saturated carbocycles. The highest BCUT2D eigenvalue weighted by Gasteiger charge is 2.15. The Balaban J connectivity index is 2.71. The molecule has 0 unspecified atom stereocenters. The summed E-state index contributed by atoms with van der Waals surface area (Å²) in [7, 11) is 3.14. The highest BCUT2D eigenvalue weighted by atomic mass is 17.1. The second kappa shape index (κ2) is 13.4. The Morgan fingerprint density at radius 3 is 2.20 bits per heavy atom. The van der Waals surface area contributed by atoms with E-state index in [9.17, 15) is 4.79 Å². The van der Waals surface area contributed by atoms with Crippen LogP contribution in [0.3, 0.4) is 0 Å². The molecule has 1 aromatic rings. The van der Waals surface area contributed by atoms with Gasteiger partial charge in [0.15, 0.2) is 25.1 Å². The molecule has 25 heavy (non-hydrogen) atoms. The van der Waals surface area contributed by atoms with E-state index in [0.717, 1.165) is 0 Å². The molecular formula is C16H24O9. The fraction of sp³-hybridized carbons (Fsp3) is 0.562. The first-order valence-electron chi connectivity index (χ1n) is 7.58. The summed E-state index contributed by atoms with van der Waals surface area (Å²) in [5, 5.41) is 8.46. The summed E-state index contributed by atoms with van der Waals surface area (Å²) in [6, 6.07) is 5.00. The number of benzene rings is 1. The molecule has 0 aromatic heterocycles. The van der Waals surface area contributed by atoms with E-state index in [-0.39, 0.29) is 20.0 Å². The van der Waals surface area contributed by atoms with Crippen LogP contribution in [0, 0.1) is 0 Å². The number of para-hydroxylation sites is 1. The van der Waals surface area contributed by atoms with Crippen molar-refractivity contribution in [1.82, 2.24) is 0 Å². The van der Waals surface area contributed by atoms with E-state index in [1.165, 1.54) is 0 Å². The van der Waals surface area contributed by atoms with Gasteiger partial charge in [0.25, 0.3) is 0 Å². The molecule has 0 atom stereocenters. The van der Waals surface area contributed by atoms with Gasteiger partial charge in [-0.25, -0.2) is 4.79 Å². The van der Waals surface area contributed by atoms with Crippen molar-refractivity contribution < 1.29 is 43.4 Å². The quantitative estimate of drug-likeness (QED) is 0.227. The minimum atomic E-state index is -0.821. The molecule has 1 rings (SSSR count). The normalized spacial score (nSPS) is 10.5. The van der Waals surface area contributed by atoms with E-state index < -0.39 is 5.97 Å². The zero-order valence-electron chi connectivity index (χ0n) is 14.4. The minimum absolute atomic E-state index is 0.0157. The predicted molar refractivity (Wildman–Crippen MR) is 85.5 cm³/mol. The Morgan fingerprint density at radius 1 is 0.960 bits per heavy atom. The van der Waals surface area contributed by atoms with E-state index in [1.54, 1.807) is 32.4 Å². The maximum absolute atomic E-state index is 11.3. The van der Waals surface area contributed by atoms with Gasteiger partial charge in [-0.2, -0.15) is 5.26 Å². The smallest absolute Gasteiger partial charge is 0.346 e. The lowest BCUT2D eigenvalue weighted by molar-refractivity contribution is -0.233. The lowest BCUT2D eigenvalue weighted by Gasteiger charge is -2.16. The molecule has 0 aliphatic carbocycles. The van der Waals surface area contributed by atoms with Gasteiger partial charge in [-0.3, -0.25) is 0 Å². The number of carbonyl (C=O) groups excluding carboxylic acids is 1. The SMILES string of the molecule is COCCOCOc1cccc(CC(=O)OO)c1OCOCCOC. The number of hydrogen-bond acceptors (Lipinski definition) is 9. The Bertz CT molecular complexity index is 492. The molecule has 0 spiro atoms. The summed E-state index contributed by atoms with van der Waals surface area (Å²) in [4.78, 5) is 15.0. The molecule has 1 aromatic carbocycles. The number of carbonyl (C=O) groups is 1. The molecule has 0 fully saturated rings. The summed E-state index contributed by atoms with van der Waals surface area (Å²) in [6.45, 7) is 1.53. The van der Waals surface area contributed by atoms with Gasteiger partial charge in [0.2, 0.25) is 0 Å². The van der Waals surface area contributed by atoms with Crippen molar-refractivity contribution >= 4 is 5.97 Å². The molecule has 0 aliphatic rings. The first kappa shape index (κ1) is 21.1. The molecule has 0 radical (unpaired) electrons. The Hall–Kier alpha value is -1.91. The van der Waals surface area contributed by atoms with Crippen molar-refractivity contribution in [2.45, 2.75) is 6.42 Å². The number of rotatable bonds is 14. The van der Waals surface area contributed by atoms with Gasteiger partial charge in [0.05, 0.1) is 32.8 Å². The molecule has 9 nitrogen and oxygen atoms in total. The van der Waals surface area contributed by atoms with Gasteiger partial charge in [-0.15, -0.1) is 0 Å². The number of hydrogen-bond donors (Lipinski definition) is 1. The second-order valence-electron chi connectivity index (χ2n) is 4.71. The average Bonchev–Trinajstić information content (AvgIpc) is 2.62. The zero-order chi connectivity index (χ0) is 18.3. The molecule has 0 saturated heterocycles. The third-order valence-electron chi connectivity index (χ3n) is 2.95. The van der Waals surface area contributed by atoms with Crippen molar-refractivity contribution in [2.24, 2.45) is 0 Å². The lowest BCUT2D eigenvalue weighted by Crippen LogP contribution is -2.13. The molecule has 0 amide bonds. The van der Waals surface area contributed by atoms with Crippen molar-refractivity contribution in [3.8, 4) is 11.5 Å². The van der Waals surface area contributed by atoms with E-state index in [2.05, 4.69) is 4.89 Å². The van der Waals surface area contributed by atoms with Crippen LogP contribution in [0.5, 0.6) is 11.5 Å². The third kappa shape index (κ3) is 8.66. The fourth-order valence-electron chi connectivity index (χ4n) is 1.77. The van der Waals surface area contributed by atoms with Gasteiger partial charge < -0.3 is 33.3 Å². The van der Waals surface area contributed by atoms with Gasteiger partial charge in [0.1, 0.15) is 0 Å². The fourth-order valence-corrected chi connectivity index (χ4v) is 1.77. The van der Waals surface area contributed by atoms with Crippen LogP contribution in [0.25, 0.3) is 0 Å². The van der Waals surface area contributed by atoms with E-state index in [4.69, 9.17) is 33.7 Å². The first-order chi connectivity index (χ1) is 12.2. The van der Waals surface area contributed by atoms with Crippen molar-refractivity contribution in [2.75, 3.05) is 54.2 Å². The maximum Gasteiger partial charge on any atom is 0.346 e. The topological polar surface area (TPSA) is 102 Å². The van der Waals surface area contributed by atoms with Crippen LogP contribution in [0.15, 0.2) is 18.2 Å². The summed E-state index contributed by atoms with van der Waals surface area (Å²) in [5.74, 6) is -0.143. The molecule has 142 valence electrons. The monoisotopic (exact) mass is 360 g/mol. The van der Waals surface area contributed by atoms with E-state index >= 15 is 0 Å². The summed E-state index contributed by atoms with van der Waals surface area (Å²) < 4.78 is 31.3. The molecule has 0 bridgehead atoms. The molecule has 1 N–H and O–H groups in total. The minimum Gasteiger partial charge on any atom is -0.464 e. The molecule has 0 aliphatic heterocycles. The summed E-state index contributed by atoms with van der Waals surface area (Å²) >= 11 is 0. The van der Waals surface area contributed by atoms with E-state index in [1.807, 2.05) is 0 Å². The van der Waals surface area contributed by atoms with Crippen LogP contribution < -0.4 is 9.47 Å². The second-order valence-corrected chi connectivity index (χ2v) is 4.71. The van der Waals surface area contributed by atoms with Crippen LogP contribution in [0.1, 0.15) is 5.56 Å². The first-order valence-corrected chi connectivity index (χ1v) is 7.58. The summed E-state index contributed by atoms with van der Waals surface area (Å²) in [5.41, 5.74) is 0.476. The third-order valence-corrected chi connectivity index (χ3v) is 2.95. The maximum atomic E-state index is 11.3. The highest BCUT2D eigenvalue weighted by Crippen LogP contribution is 2.32. The van der Waals surface area contributed by atoms with Crippen molar-refractivity contribution in [1.29, 1.82) is 0 Å². The van der Waals surface area contributed by atoms with Crippen LogP contribution in [0.2, 0.25) is 0 Å². The predicted octanol–water partition coefficient (Wildman–Crippen LogP) is 1.24. The molecule has 0 heterocycles. The standard InChI is InChI=1S/C16H24O9/c1-19-6-8-21-11-23-14-5-3-4-13(10-15(17)25-18)16(14)24-12-22-9-7-20-2/h3-5,18H,6-12H2,1-2H3. The average molecular weight is 360 g/mol. The van der Waals surface area contributed by atoms with Crippen LogP contribution >= 0.6 is 0 Å². The van der Waals surface area contributed by atoms with Crippen molar-refractivity contribution in [3.63, 3.8) is 0 Å². The van der Waals surface area contributed by atoms with Gasteiger partial charge >= 0.3 is 5.97 Å². The van der Waals surface area contributed by atoms with Gasteiger partial charge in [-0.05, 0) is 6.07 Å². The van der Waals surface area contributed by atoms with Crippen LogP contribution in [-0.4, -0.2) is 65.5 Å². The largest absolute Gasteiger partial charge is 0.464 e.